The van der Waals surface area contributed by atoms with Crippen LogP contribution in [0.15, 0.2) is 41.8 Å². The van der Waals surface area contributed by atoms with Crippen LogP contribution in [0.5, 0.6) is 0 Å². The summed E-state index contributed by atoms with van der Waals surface area (Å²) in [6, 6.07) is 12.8. The first-order valence-electron chi connectivity index (χ1n) is 6.87. The number of hydrogen-bond donors (Lipinski definition) is 1. The van der Waals surface area contributed by atoms with Crippen LogP contribution in [0.4, 0.5) is 5.69 Å². The van der Waals surface area contributed by atoms with Crippen LogP contribution in [0.25, 0.3) is 0 Å². The zero-order chi connectivity index (χ0) is 13.9. The Morgan fingerprint density at radius 1 is 1.35 bits per heavy atom. The van der Waals surface area contributed by atoms with Crippen LogP contribution in [0.1, 0.15) is 17.4 Å². The van der Waals surface area contributed by atoms with Gasteiger partial charge in [-0.1, -0.05) is 24.3 Å². The van der Waals surface area contributed by atoms with Crippen molar-refractivity contribution in [3.05, 3.63) is 52.2 Å². The predicted molar refractivity (Wildman–Crippen MR) is 83.1 cm³/mol. The molecule has 104 valence electrons. The summed E-state index contributed by atoms with van der Waals surface area (Å²) in [6.07, 6.45) is 1.02. The second-order valence-electron chi connectivity index (χ2n) is 5.17. The van der Waals surface area contributed by atoms with Crippen LogP contribution in [0.2, 0.25) is 0 Å². The van der Waals surface area contributed by atoms with Gasteiger partial charge in [0.1, 0.15) is 0 Å². The van der Waals surface area contributed by atoms with E-state index in [1.54, 1.807) is 11.3 Å². The minimum atomic E-state index is 0.0851. The van der Waals surface area contributed by atoms with Crippen molar-refractivity contribution in [2.24, 2.45) is 0 Å². The lowest BCUT2D eigenvalue weighted by Gasteiger charge is -2.24. The number of rotatable bonds is 4. The van der Waals surface area contributed by atoms with Gasteiger partial charge in [0, 0.05) is 16.6 Å². The maximum Gasteiger partial charge on any atom is 0.239 e. The normalized spacial score (nSPS) is 17.1. The van der Waals surface area contributed by atoms with E-state index in [1.165, 1.54) is 16.1 Å². The average Bonchev–Trinajstić information content (AvgIpc) is 3.06. The SMILES string of the molecule is C[C@@H]1Cc2ccccc2N1CC(=O)NCc1cccs1. The number of hydrogen-bond acceptors (Lipinski definition) is 3. The highest BCUT2D eigenvalue weighted by Crippen LogP contribution is 2.31. The number of carbonyl (C=O) groups is 1. The fourth-order valence-electron chi connectivity index (χ4n) is 2.68. The average molecular weight is 286 g/mol. The number of nitrogens with one attached hydrogen (secondary N) is 1. The number of nitrogens with zero attached hydrogens (tertiary/aromatic N) is 1. The molecule has 0 bridgehead atoms. The molecule has 1 aromatic heterocycles. The van der Waals surface area contributed by atoms with Crippen molar-refractivity contribution in [3.63, 3.8) is 0 Å². The number of benzene rings is 1. The van der Waals surface area contributed by atoms with Crippen LogP contribution in [-0.2, 0) is 17.8 Å². The summed E-state index contributed by atoms with van der Waals surface area (Å²) in [4.78, 5) is 15.5. The van der Waals surface area contributed by atoms with Gasteiger partial charge in [-0.15, -0.1) is 11.3 Å². The maximum atomic E-state index is 12.1. The molecule has 0 saturated heterocycles. The molecule has 1 aliphatic rings. The van der Waals surface area contributed by atoms with Crippen LogP contribution in [0, 0.1) is 0 Å². The van der Waals surface area contributed by atoms with Gasteiger partial charge < -0.3 is 10.2 Å². The highest BCUT2D eigenvalue weighted by Gasteiger charge is 2.26. The minimum absolute atomic E-state index is 0.0851. The van der Waals surface area contributed by atoms with Gasteiger partial charge in [0.05, 0.1) is 13.1 Å². The fourth-order valence-corrected chi connectivity index (χ4v) is 3.32. The Balaban J connectivity index is 1.61. The second-order valence-corrected chi connectivity index (χ2v) is 6.20. The molecule has 4 heteroatoms. The van der Waals surface area contributed by atoms with Gasteiger partial charge in [-0.3, -0.25) is 4.79 Å². The number of thiophene rings is 1. The van der Waals surface area contributed by atoms with Crippen LogP contribution < -0.4 is 10.2 Å². The maximum absolute atomic E-state index is 12.1. The molecule has 1 aromatic carbocycles. The van der Waals surface area contributed by atoms with Crippen molar-refractivity contribution in [1.82, 2.24) is 5.32 Å². The third kappa shape index (κ3) is 2.70. The molecule has 0 unspecified atom stereocenters. The molecule has 2 heterocycles. The van der Waals surface area contributed by atoms with E-state index in [0.29, 0.717) is 19.1 Å². The standard InChI is InChI=1S/C16H18N2OS/c1-12-9-13-5-2-3-7-15(13)18(12)11-16(19)17-10-14-6-4-8-20-14/h2-8,12H,9-11H2,1H3,(H,17,19)/t12-/m1/s1. The molecular weight excluding hydrogens is 268 g/mol. The van der Waals surface area contributed by atoms with Gasteiger partial charge in [-0.2, -0.15) is 0 Å². The minimum Gasteiger partial charge on any atom is -0.359 e. The van der Waals surface area contributed by atoms with Crippen LogP contribution in [0.3, 0.4) is 0 Å². The summed E-state index contributed by atoms with van der Waals surface area (Å²) >= 11 is 1.67. The van der Waals surface area contributed by atoms with E-state index in [0.717, 1.165) is 6.42 Å². The fraction of sp³-hybridized carbons (Fsp3) is 0.312. The molecule has 2 aromatic rings. The lowest BCUT2D eigenvalue weighted by molar-refractivity contribution is -0.120. The zero-order valence-electron chi connectivity index (χ0n) is 11.5. The Morgan fingerprint density at radius 3 is 3.00 bits per heavy atom. The molecule has 1 N–H and O–H groups in total. The van der Waals surface area contributed by atoms with E-state index in [-0.39, 0.29) is 5.91 Å². The molecule has 0 saturated carbocycles. The summed E-state index contributed by atoms with van der Waals surface area (Å²) in [5.74, 6) is 0.0851. The molecular formula is C16H18N2OS. The first-order chi connectivity index (χ1) is 9.74. The van der Waals surface area contributed by atoms with Gasteiger partial charge in [0.15, 0.2) is 0 Å². The quantitative estimate of drug-likeness (QED) is 0.937. The number of amides is 1. The van der Waals surface area contributed by atoms with Gasteiger partial charge >= 0.3 is 0 Å². The van der Waals surface area contributed by atoms with Crippen LogP contribution in [-0.4, -0.2) is 18.5 Å². The van der Waals surface area contributed by atoms with Gasteiger partial charge in [-0.25, -0.2) is 0 Å². The van der Waals surface area contributed by atoms with Gasteiger partial charge in [-0.05, 0) is 36.4 Å². The summed E-state index contributed by atoms with van der Waals surface area (Å²) < 4.78 is 0. The van der Waals surface area contributed by atoms with Gasteiger partial charge in [0.25, 0.3) is 0 Å². The van der Waals surface area contributed by atoms with Crippen molar-refractivity contribution in [1.29, 1.82) is 0 Å². The first-order valence-corrected chi connectivity index (χ1v) is 7.75. The lowest BCUT2D eigenvalue weighted by atomic mass is 10.1. The number of fused-ring (bicyclic) bond motifs is 1. The van der Waals surface area contributed by atoms with Gasteiger partial charge in [0.2, 0.25) is 5.91 Å². The molecule has 0 fully saturated rings. The van der Waals surface area contributed by atoms with Crippen LogP contribution >= 0.6 is 11.3 Å². The van der Waals surface area contributed by atoms with E-state index in [4.69, 9.17) is 0 Å². The number of para-hydroxylation sites is 1. The zero-order valence-corrected chi connectivity index (χ0v) is 12.3. The summed E-state index contributed by atoms with van der Waals surface area (Å²) in [5.41, 5.74) is 2.54. The van der Waals surface area contributed by atoms with E-state index in [1.807, 2.05) is 23.6 Å². The summed E-state index contributed by atoms with van der Waals surface area (Å²) in [7, 11) is 0. The van der Waals surface area contributed by atoms with Crippen molar-refractivity contribution in [3.8, 4) is 0 Å². The summed E-state index contributed by atoms with van der Waals surface area (Å²) in [6.45, 7) is 3.23. The Bertz CT molecular complexity index is 594. The lowest BCUT2D eigenvalue weighted by Crippen LogP contribution is -2.39. The molecule has 0 spiro atoms. The first kappa shape index (κ1) is 13.2. The van der Waals surface area contributed by atoms with E-state index in [9.17, 15) is 4.79 Å². The van der Waals surface area contributed by atoms with Crippen molar-refractivity contribution in [2.45, 2.75) is 25.9 Å². The Morgan fingerprint density at radius 2 is 2.20 bits per heavy atom. The Kier molecular flexibility index (Phi) is 3.74. The molecule has 20 heavy (non-hydrogen) atoms. The third-order valence-electron chi connectivity index (χ3n) is 3.70. The highest BCUT2D eigenvalue weighted by atomic mass is 32.1. The smallest absolute Gasteiger partial charge is 0.239 e. The third-order valence-corrected chi connectivity index (χ3v) is 4.58. The van der Waals surface area contributed by atoms with E-state index in [2.05, 4.69) is 35.3 Å². The predicted octanol–water partition coefficient (Wildman–Crippen LogP) is 2.82. The molecule has 1 atom stereocenters. The monoisotopic (exact) mass is 286 g/mol. The molecule has 3 nitrogen and oxygen atoms in total. The second kappa shape index (κ2) is 5.67. The Hall–Kier alpha value is -1.81. The molecule has 0 radical (unpaired) electrons. The Labute approximate surface area is 123 Å². The van der Waals surface area contributed by atoms with Crippen molar-refractivity contribution in [2.75, 3.05) is 11.4 Å². The van der Waals surface area contributed by atoms with Crippen molar-refractivity contribution >= 4 is 22.9 Å². The highest BCUT2D eigenvalue weighted by molar-refractivity contribution is 7.09. The number of carbonyl (C=O) groups excluding carboxylic acids is 1. The number of anilines is 1. The topological polar surface area (TPSA) is 32.3 Å². The molecule has 1 amide bonds. The largest absolute Gasteiger partial charge is 0.359 e. The molecule has 3 rings (SSSR count). The molecule has 1 aliphatic heterocycles. The van der Waals surface area contributed by atoms with E-state index >= 15 is 0 Å². The summed E-state index contributed by atoms with van der Waals surface area (Å²) in [5, 5.41) is 5.02. The van der Waals surface area contributed by atoms with Crippen molar-refractivity contribution < 1.29 is 4.79 Å². The molecule has 0 aliphatic carbocycles. The van der Waals surface area contributed by atoms with E-state index < -0.39 is 0 Å².